The number of hydrogen-bond acceptors (Lipinski definition) is 2. The van der Waals surface area contributed by atoms with Gasteiger partial charge in [0, 0.05) is 31.7 Å². The summed E-state index contributed by atoms with van der Waals surface area (Å²) in [5, 5.41) is 8.72. The molecule has 0 heterocycles. The smallest absolute Gasteiger partial charge is 0.324 e. The Morgan fingerprint density at radius 1 is 1.10 bits per heavy atom. The van der Waals surface area contributed by atoms with Crippen LogP contribution in [0.3, 0.4) is 0 Å². The topological polar surface area (TPSA) is 60.9 Å². The first-order chi connectivity index (χ1) is 9.60. The van der Waals surface area contributed by atoms with Crippen LogP contribution in [0.15, 0.2) is 30.3 Å². The Morgan fingerprint density at radius 3 is 2.20 bits per heavy atom. The molecule has 0 saturated heterocycles. The van der Waals surface area contributed by atoms with E-state index in [1.165, 1.54) is 0 Å². The highest BCUT2D eigenvalue weighted by molar-refractivity contribution is 5.92. The number of hydrogen-bond donors (Lipinski definition) is 1. The number of benzene rings is 1. The van der Waals surface area contributed by atoms with Crippen LogP contribution < -0.4 is 4.90 Å². The Labute approximate surface area is 119 Å². The van der Waals surface area contributed by atoms with E-state index in [4.69, 9.17) is 5.11 Å². The lowest BCUT2D eigenvalue weighted by molar-refractivity contribution is -0.137. The van der Waals surface area contributed by atoms with Crippen molar-refractivity contribution in [3.8, 4) is 0 Å². The first-order valence-corrected chi connectivity index (χ1v) is 6.93. The van der Waals surface area contributed by atoms with Crippen LogP contribution in [0, 0.1) is 0 Å². The van der Waals surface area contributed by atoms with E-state index in [2.05, 4.69) is 0 Å². The molecule has 0 fully saturated rings. The number of aliphatic carboxylic acids is 1. The van der Waals surface area contributed by atoms with Crippen LogP contribution in [-0.2, 0) is 4.79 Å². The zero-order chi connectivity index (χ0) is 15.0. The number of rotatable bonds is 7. The van der Waals surface area contributed by atoms with Crippen molar-refractivity contribution in [1.29, 1.82) is 0 Å². The van der Waals surface area contributed by atoms with Gasteiger partial charge in [-0.1, -0.05) is 18.2 Å². The summed E-state index contributed by atoms with van der Waals surface area (Å²) in [6.07, 6.45) is 0.506. The number of amides is 2. The maximum absolute atomic E-state index is 12.5. The predicted octanol–water partition coefficient (Wildman–Crippen LogP) is 2.82. The molecular formula is C15H22N2O3. The molecule has 110 valence electrons. The lowest BCUT2D eigenvalue weighted by Gasteiger charge is -2.29. The Kier molecular flexibility index (Phi) is 6.56. The predicted molar refractivity (Wildman–Crippen MR) is 79.0 cm³/mol. The van der Waals surface area contributed by atoms with Crippen molar-refractivity contribution in [2.24, 2.45) is 0 Å². The van der Waals surface area contributed by atoms with E-state index >= 15 is 0 Å². The molecule has 2 amide bonds. The molecule has 0 radical (unpaired) electrons. The molecule has 1 N–H and O–H groups in total. The standard InChI is InChI=1S/C15H22N2O3/c1-3-16(4-2)15(20)17(12-8-11-14(18)19)13-9-6-5-7-10-13/h5-7,9-10H,3-4,8,11-12H2,1-2H3,(H,18,19). The maximum atomic E-state index is 12.5. The summed E-state index contributed by atoms with van der Waals surface area (Å²) in [7, 11) is 0. The van der Waals surface area contributed by atoms with Gasteiger partial charge in [-0.3, -0.25) is 9.69 Å². The van der Waals surface area contributed by atoms with E-state index < -0.39 is 5.97 Å². The van der Waals surface area contributed by atoms with E-state index in [1.54, 1.807) is 9.80 Å². The minimum Gasteiger partial charge on any atom is -0.481 e. The number of nitrogens with zero attached hydrogens (tertiary/aromatic N) is 2. The molecule has 0 saturated carbocycles. The lowest BCUT2D eigenvalue weighted by Crippen LogP contribution is -2.43. The van der Waals surface area contributed by atoms with Crippen molar-refractivity contribution in [3.05, 3.63) is 30.3 Å². The first-order valence-electron chi connectivity index (χ1n) is 6.93. The van der Waals surface area contributed by atoms with Crippen molar-refractivity contribution in [3.63, 3.8) is 0 Å². The summed E-state index contributed by atoms with van der Waals surface area (Å²) in [6.45, 7) is 5.55. The van der Waals surface area contributed by atoms with Crippen molar-refractivity contribution in [1.82, 2.24) is 4.90 Å². The van der Waals surface area contributed by atoms with Gasteiger partial charge in [0.05, 0.1) is 0 Å². The van der Waals surface area contributed by atoms with Gasteiger partial charge in [-0.2, -0.15) is 0 Å². The largest absolute Gasteiger partial charge is 0.481 e. The highest BCUT2D eigenvalue weighted by atomic mass is 16.4. The average Bonchev–Trinajstić information content (AvgIpc) is 2.45. The molecule has 0 spiro atoms. The van der Waals surface area contributed by atoms with E-state index in [9.17, 15) is 9.59 Å². The summed E-state index contributed by atoms with van der Waals surface area (Å²) in [6, 6.07) is 9.28. The van der Waals surface area contributed by atoms with E-state index in [0.29, 0.717) is 26.1 Å². The SMILES string of the molecule is CCN(CC)C(=O)N(CCCC(=O)O)c1ccccc1. The number of carbonyl (C=O) groups excluding carboxylic acids is 1. The molecule has 0 aliphatic heterocycles. The second-order valence-electron chi connectivity index (χ2n) is 4.44. The van der Waals surface area contributed by atoms with Crippen molar-refractivity contribution >= 4 is 17.7 Å². The molecule has 20 heavy (non-hydrogen) atoms. The average molecular weight is 278 g/mol. The van der Waals surface area contributed by atoms with Crippen molar-refractivity contribution in [2.45, 2.75) is 26.7 Å². The minimum absolute atomic E-state index is 0.0643. The third-order valence-electron chi connectivity index (χ3n) is 3.11. The number of anilines is 1. The van der Waals surface area contributed by atoms with Gasteiger partial charge in [0.25, 0.3) is 0 Å². The zero-order valence-electron chi connectivity index (χ0n) is 12.1. The second kappa shape index (κ2) is 8.19. The van der Waals surface area contributed by atoms with E-state index in [1.807, 2.05) is 44.2 Å². The van der Waals surface area contributed by atoms with Crippen LogP contribution in [0.25, 0.3) is 0 Å². The van der Waals surface area contributed by atoms with Crippen LogP contribution in [0.5, 0.6) is 0 Å². The minimum atomic E-state index is -0.840. The number of carboxylic acid groups (broad SMARTS) is 1. The molecule has 1 rings (SSSR count). The summed E-state index contributed by atoms with van der Waals surface area (Å²) >= 11 is 0. The van der Waals surface area contributed by atoms with Crippen LogP contribution >= 0.6 is 0 Å². The summed E-state index contributed by atoms with van der Waals surface area (Å²) in [5.41, 5.74) is 0.801. The third-order valence-corrected chi connectivity index (χ3v) is 3.11. The molecular weight excluding hydrogens is 256 g/mol. The number of carbonyl (C=O) groups is 2. The number of carboxylic acids is 1. The fourth-order valence-corrected chi connectivity index (χ4v) is 2.00. The first kappa shape index (κ1) is 16.0. The van der Waals surface area contributed by atoms with Crippen LogP contribution in [-0.4, -0.2) is 41.6 Å². The third kappa shape index (κ3) is 4.57. The van der Waals surface area contributed by atoms with Crippen LogP contribution in [0.1, 0.15) is 26.7 Å². The van der Waals surface area contributed by atoms with Gasteiger partial charge in [-0.05, 0) is 32.4 Å². The number of para-hydroxylation sites is 1. The van der Waals surface area contributed by atoms with E-state index in [-0.39, 0.29) is 12.5 Å². The molecule has 0 bridgehead atoms. The zero-order valence-corrected chi connectivity index (χ0v) is 12.1. The number of urea groups is 1. The van der Waals surface area contributed by atoms with Gasteiger partial charge in [-0.15, -0.1) is 0 Å². The highest BCUT2D eigenvalue weighted by Gasteiger charge is 2.20. The molecule has 0 atom stereocenters. The molecule has 1 aromatic rings. The van der Waals surface area contributed by atoms with Crippen molar-refractivity contribution in [2.75, 3.05) is 24.5 Å². The Hall–Kier alpha value is -2.04. The molecule has 5 heteroatoms. The van der Waals surface area contributed by atoms with Gasteiger partial charge >= 0.3 is 12.0 Å². The van der Waals surface area contributed by atoms with Gasteiger partial charge in [0.1, 0.15) is 0 Å². The van der Waals surface area contributed by atoms with Gasteiger partial charge < -0.3 is 10.0 Å². The fraction of sp³-hybridized carbons (Fsp3) is 0.467. The molecule has 1 aromatic carbocycles. The summed E-state index contributed by atoms with van der Waals surface area (Å²) in [5.74, 6) is -0.840. The molecule has 0 aliphatic rings. The van der Waals surface area contributed by atoms with Gasteiger partial charge in [0.15, 0.2) is 0 Å². The summed E-state index contributed by atoms with van der Waals surface area (Å²) < 4.78 is 0. The Morgan fingerprint density at radius 2 is 1.70 bits per heavy atom. The van der Waals surface area contributed by atoms with Crippen LogP contribution in [0.2, 0.25) is 0 Å². The van der Waals surface area contributed by atoms with E-state index in [0.717, 1.165) is 5.69 Å². The quantitative estimate of drug-likeness (QED) is 0.834. The summed E-state index contributed by atoms with van der Waals surface area (Å²) in [4.78, 5) is 26.5. The monoisotopic (exact) mass is 278 g/mol. The molecule has 0 aliphatic carbocycles. The Bertz CT molecular complexity index is 430. The molecule has 0 aromatic heterocycles. The molecule has 0 unspecified atom stereocenters. The lowest BCUT2D eigenvalue weighted by atomic mass is 10.2. The van der Waals surface area contributed by atoms with Gasteiger partial charge in [-0.25, -0.2) is 4.79 Å². The van der Waals surface area contributed by atoms with Crippen molar-refractivity contribution < 1.29 is 14.7 Å². The normalized spacial score (nSPS) is 10.1. The fourth-order valence-electron chi connectivity index (χ4n) is 2.00. The van der Waals surface area contributed by atoms with Gasteiger partial charge in [0.2, 0.25) is 0 Å². The highest BCUT2D eigenvalue weighted by Crippen LogP contribution is 2.16. The second-order valence-corrected chi connectivity index (χ2v) is 4.44. The maximum Gasteiger partial charge on any atom is 0.324 e. The van der Waals surface area contributed by atoms with Crippen LogP contribution in [0.4, 0.5) is 10.5 Å². The Balaban J connectivity index is 2.84. The molecule has 5 nitrogen and oxygen atoms in total.